The molecule has 0 aliphatic heterocycles. The topological polar surface area (TPSA) is 0 Å². The normalized spacial score (nSPS) is 27.8. The van der Waals surface area contributed by atoms with E-state index >= 15 is 0 Å². The van der Waals surface area contributed by atoms with Crippen molar-refractivity contribution in [3.63, 3.8) is 0 Å². The molecule has 70 valence electrons. The van der Waals surface area contributed by atoms with Gasteiger partial charge >= 0.3 is 0 Å². The molecule has 2 rings (SSSR count). The molecule has 0 aromatic carbocycles. The molecule has 1 heteroatoms. The van der Waals surface area contributed by atoms with Crippen LogP contribution in [0.4, 0.5) is 0 Å². The Balaban J connectivity index is 1.60. The summed E-state index contributed by atoms with van der Waals surface area (Å²) in [5.41, 5.74) is 0. The first kappa shape index (κ1) is 8.87. The maximum atomic E-state index is 6.26. The van der Waals surface area contributed by atoms with Gasteiger partial charge in [-0.3, -0.25) is 0 Å². The van der Waals surface area contributed by atoms with Gasteiger partial charge in [-0.1, -0.05) is 25.7 Å². The summed E-state index contributed by atoms with van der Waals surface area (Å²) in [6, 6.07) is 0. The molecule has 0 N–H and O–H groups in total. The average Bonchev–Trinajstić information content (AvgIpc) is 2.80. The molecule has 2 aliphatic rings. The van der Waals surface area contributed by atoms with Crippen molar-refractivity contribution in [1.82, 2.24) is 0 Å². The van der Waals surface area contributed by atoms with Gasteiger partial charge in [0.25, 0.3) is 0 Å². The lowest BCUT2D eigenvalue weighted by Gasteiger charge is -2.11. The largest absolute Gasteiger partial charge is 0.123 e. The van der Waals surface area contributed by atoms with Crippen LogP contribution in [0.1, 0.15) is 51.4 Å². The number of hydrogen-bond acceptors (Lipinski definition) is 0. The lowest BCUT2D eigenvalue weighted by molar-refractivity contribution is 0.466. The molecule has 0 amide bonds. The van der Waals surface area contributed by atoms with E-state index in [1.165, 1.54) is 51.4 Å². The van der Waals surface area contributed by atoms with Crippen LogP contribution in [0, 0.1) is 11.8 Å². The quantitative estimate of drug-likeness (QED) is 0.583. The molecule has 0 nitrogen and oxygen atoms in total. The molecule has 2 aliphatic carbocycles. The fourth-order valence-corrected chi connectivity index (χ4v) is 2.77. The SMILES string of the molecule is ClC(CCC1CCCC1)C1CC1. The fourth-order valence-electron chi connectivity index (χ4n) is 2.39. The summed E-state index contributed by atoms with van der Waals surface area (Å²) in [5.74, 6) is 1.93. The number of hydrogen-bond donors (Lipinski definition) is 0. The van der Waals surface area contributed by atoms with Gasteiger partial charge in [-0.2, -0.15) is 0 Å². The van der Waals surface area contributed by atoms with E-state index in [1.807, 2.05) is 0 Å². The van der Waals surface area contributed by atoms with Gasteiger partial charge in [0.2, 0.25) is 0 Å². The van der Waals surface area contributed by atoms with E-state index in [1.54, 1.807) is 0 Å². The zero-order valence-corrected chi connectivity index (χ0v) is 8.52. The van der Waals surface area contributed by atoms with Crippen molar-refractivity contribution in [3.8, 4) is 0 Å². The molecule has 2 saturated carbocycles. The minimum Gasteiger partial charge on any atom is -0.123 e. The molecule has 0 radical (unpaired) electrons. The molecule has 12 heavy (non-hydrogen) atoms. The second-order valence-corrected chi connectivity index (χ2v) is 5.14. The Morgan fingerprint density at radius 1 is 1.08 bits per heavy atom. The number of halogens is 1. The Kier molecular flexibility index (Phi) is 2.96. The van der Waals surface area contributed by atoms with E-state index < -0.39 is 0 Å². The highest BCUT2D eigenvalue weighted by Crippen LogP contribution is 2.39. The van der Waals surface area contributed by atoms with Crippen LogP contribution in [0.25, 0.3) is 0 Å². The van der Waals surface area contributed by atoms with Gasteiger partial charge in [-0.25, -0.2) is 0 Å². The van der Waals surface area contributed by atoms with Gasteiger partial charge < -0.3 is 0 Å². The Morgan fingerprint density at radius 2 is 1.75 bits per heavy atom. The van der Waals surface area contributed by atoms with Crippen molar-refractivity contribution in [2.45, 2.75) is 56.7 Å². The summed E-state index contributed by atoms with van der Waals surface area (Å²) in [7, 11) is 0. The van der Waals surface area contributed by atoms with Crippen molar-refractivity contribution in [2.24, 2.45) is 11.8 Å². The van der Waals surface area contributed by atoms with Crippen LogP contribution in [0.2, 0.25) is 0 Å². The molecule has 0 aromatic rings. The standard InChI is InChI=1S/C11H19Cl/c12-11(10-6-7-10)8-5-9-3-1-2-4-9/h9-11H,1-8H2. The van der Waals surface area contributed by atoms with E-state index in [4.69, 9.17) is 11.6 Å². The Labute approximate surface area is 80.7 Å². The summed E-state index contributed by atoms with van der Waals surface area (Å²) >= 11 is 6.26. The molecular formula is C11H19Cl. The maximum Gasteiger partial charge on any atom is 0.0364 e. The molecule has 0 aromatic heterocycles. The lowest BCUT2D eigenvalue weighted by atomic mass is 9.99. The third kappa shape index (κ3) is 2.39. The van der Waals surface area contributed by atoms with Crippen molar-refractivity contribution >= 4 is 11.6 Å². The lowest BCUT2D eigenvalue weighted by Crippen LogP contribution is -2.04. The molecule has 0 heterocycles. The van der Waals surface area contributed by atoms with Gasteiger partial charge in [0.15, 0.2) is 0 Å². The van der Waals surface area contributed by atoms with Gasteiger partial charge in [0.1, 0.15) is 0 Å². The minimum atomic E-state index is 0.519. The molecule has 2 fully saturated rings. The van der Waals surface area contributed by atoms with Crippen molar-refractivity contribution in [3.05, 3.63) is 0 Å². The predicted octanol–water partition coefficient (Wildman–Crippen LogP) is 3.97. The van der Waals surface area contributed by atoms with Gasteiger partial charge in [0, 0.05) is 5.38 Å². The molecule has 0 spiro atoms. The Hall–Kier alpha value is 0.290. The summed E-state index contributed by atoms with van der Waals surface area (Å²) in [6.45, 7) is 0. The first-order valence-corrected chi connectivity index (χ1v) is 5.94. The summed E-state index contributed by atoms with van der Waals surface area (Å²) in [5, 5.41) is 0.519. The van der Waals surface area contributed by atoms with Crippen molar-refractivity contribution < 1.29 is 0 Å². The van der Waals surface area contributed by atoms with Crippen LogP contribution in [-0.4, -0.2) is 5.38 Å². The highest BCUT2D eigenvalue weighted by Gasteiger charge is 2.30. The highest BCUT2D eigenvalue weighted by molar-refractivity contribution is 6.20. The highest BCUT2D eigenvalue weighted by atomic mass is 35.5. The van der Waals surface area contributed by atoms with E-state index in [2.05, 4.69) is 0 Å². The number of alkyl halides is 1. The van der Waals surface area contributed by atoms with Crippen LogP contribution in [0.5, 0.6) is 0 Å². The summed E-state index contributed by atoms with van der Waals surface area (Å²) in [4.78, 5) is 0. The van der Waals surface area contributed by atoms with E-state index in [9.17, 15) is 0 Å². The van der Waals surface area contributed by atoms with Crippen molar-refractivity contribution in [1.29, 1.82) is 0 Å². The number of rotatable bonds is 4. The van der Waals surface area contributed by atoms with E-state index in [0.717, 1.165) is 11.8 Å². The first-order chi connectivity index (χ1) is 5.86. The van der Waals surface area contributed by atoms with Crippen LogP contribution in [-0.2, 0) is 0 Å². The van der Waals surface area contributed by atoms with Crippen molar-refractivity contribution in [2.75, 3.05) is 0 Å². The van der Waals surface area contributed by atoms with Gasteiger partial charge in [0.05, 0.1) is 0 Å². The smallest absolute Gasteiger partial charge is 0.0364 e. The molecular weight excluding hydrogens is 168 g/mol. The molecule has 1 atom stereocenters. The van der Waals surface area contributed by atoms with Gasteiger partial charge in [-0.15, -0.1) is 11.6 Å². The second kappa shape index (κ2) is 4.00. The zero-order valence-electron chi connectivity index (χ0n) is 7.77. The Bertz CT molecular complexity index is 132. The molecule has 1 unspecified atom stereocenters. The molecule has 0 bridgehead atoms. The summed E-state index contributed by atoms with van der Waals surface area (Å²) in [6.07, 6.45) is 11.4. The third-order valence-corrected chi connectivity index (χ3v) is 4.03. The Morgan fingerprint density at radius 3 is 2.33 bits per heavy atom. The predicted molar refractivity (Wildman–Crippen MR) is 53.6 cm³/mol. The summed E-state index contributed by atoms with van der Waals surface area (Å²) < 4.78 is 0. The van der Waals surface area contributed by atoms with Gasteiger partial charge in [-0.05, 0) is 37.5 Å². The van der Waals surface area contributed by atoms with E-state index in [0.29, 0.717) is 5.38 Å². The van der Waals surface area contributed by atoms with E-state index in [-0.39, 0.29) is 0 Å². The van der Waals surface area contributed by atoms with Crippen LogP contribution >= 0.6 is 11.6 Å². The molecule has 0 saturated heterocycles. The first-order valence-electron chi connectivity index (χ1n) is 5.50. The average molecular weight is 187 g/mol. The van der Waals surface area contributed by atoms with Crippen LogP contribution in [0.15, 0.2) is 0 Å². The maximum absolute atomic E-state index is 6.26. The van der Waals surface area contributed by atoms with Crippen LogP contribution in [0.3, 0.4) is 0 Å². The fraction of sp³-hybridized carbons (Fsp3) is 1.00. The monoisotopic (exact) mass is 186 g/mol. The third-order valence-electron chi connectivity index (χ3n) is 3.46. The second-order valence-electron chi connectivity index (χ2n) is 4.58. The van der Waals surface area contributed by atoms with Crippen LogP contribution < -0.4 is 0 Å². The zero-order chi connectivity index (χ0) is 8.39. The minimum absolute atomic E-state index is 0.519.